The zero-order valence-electron chi connectivity index (χ0n) is 16.2. The Bertz CT molecular complexity index is 706. The molecule has 0 aliphatic heterocycles. The summed E-state index contributed by atoms with van der Waals surface area (Å²) in [7, 11) is -3.05. The van der Waals surface area contributed by atoms with Gasteiger partial charge in [-0.25, -0.2) is 0 Å². The van der Waals surface area contributed by atoms with E-state index in [1.807, 2.05) is 39.0 Å². The van der Waals surface area contributed by atoms with Crippen LogP contribution in [0.3, 0.4) is 0 Å². The summed E-state index contributed by atoms with van der Waals surface area (Å²) in [4.78, 5) is 12.7. The molecule has 2 rings (SSSR count). The Kier molecular flexibility index (Phi) is 7.34. The van der Waals surface area contributed by atoms with Gasteiger partial charge in [-0.1, -0.05) is 24.3 Å². The van der Waals surface area contributed by atoms with Crippen molar-refractivity contribution in [2.45, 2.75) is 32.7 Å². The van der Waals surface area contributed by atoms with Gasteiger partial charge in [-0.2, -0.15) is 0 Å². The zero-order chi connectivity index (χ0) is 19.9. The Morgan fingerprint density at radius 1 is 1.19 bits per heavy atom. The van der Waals surface area contributed by atoms with Gasteiger partial charge in [0.05, 0.1) is 0 Å². The third-order valence-corrected chi connectivity index (χ3v) is 7.12. The molecule has 0 radical (unpaired) electrons. The summed E-state index contributed by atoms with van der Waals surface area (Å²) in [5.74, 6) is -0.330. The van der Waals surface area contributed by atoms with Crippen molar-refractivity contribution in [1.82, 2.24) is 0 Å². The number of rotatable bonds is 9. The number of allylic oxidation sites excluding steroid dienone is 2. The van der Waals surface area contributed by atoms with E-state index in [4.69, 9.17) is 24.7 Å². The third-order valence-electron chi connectivity index (χ3n) is 4.10. The molecule has 0 fully saturated rings. The lowest BCUT2D eigenvalue weighted by atomic mass is 9.89. The first-order chi connectivity index (χ1) is 12.9. The molecule has 0 aromatic heterocycles. The second-order valence-electron chi connectivity index (χ2n) is 6.21. The maximum absolute atomic E-state index is 12.7. The molecule has 1 aromatic rings. The number of carbonyl (C=O) groups is 1. The predicted octanol–water partition coefficient (Wildman–Crippen LogP) is 1.38. The molecule has 0 saturated heterocycles. The predicted molar refractivity (Wildman–Crippen MR) is 108 cm³/mol. The number of nitrogens with one attached hydrogen (secondary N) is 1. The van der Waals surface area contributed by atoms with Crippen molar-refractivity contribution in [3.63, 3.8) is 0 Å². The van der Waals surface area contributed by atoms with E-state index in [2.05, 4.69) is 5.32 Å². The van der Waals surface area contributed by atoms with Gasteiger partial charge in [0.1, 0.15) is 5.54 Å². The number of benzene rings is 1. The van der Waals surface area contributed by atoms with Gasteiger partial charge in [0.25, 0.3) is 0 Å². The summed E-state index contributed by atoms with van der Waals surface area (Å²) in [5, 5.41) is 3.66. The number of nitrogens with two attached hydrogens (primary N) is 2. The fourth-order valence-corrected chi connectivity index (χ4v) is 5.46. The summed E-state index contributed by atoms with van der Waals surface area (Å²) >= 11 is 0. The summed E-state index contributed by atoms with van der Waals surface area (Å²) in [6.07, 6.45) is 5.37. The lowest BCUT2D eigenvalue weighted by Gasteiger charge is -2.29. The zero-order valence-corrected chi connectivity index (χ0v) is 17.2. The monoisotopic (exact) mass is 391 g/mol. The first kappa shape index (κ1) is 21.3. The molecule has 8 heteroatoms. The molecular weight excluding hydrogens is 362 g/mol. The molecule has 0 spiro atoms. The molecule has 0 heterocycles. The van der Waals surface area contributed by atoms with Crippen molar-refractivity contribution in [3.05, 3.63) is 48.2 Å². The van der Waals surface area contributed by atoms with Gasteiger partial charge in [-0.15, -0.1) is 0 Å². The van der Waals surface area contributed by atoms with Crippen molar-refractivity contribution in [2.24, 2.45) is 11.5 Å². The van der Waals surface area contributed by atoms with Crippen LogP contribution in [0, 0.1) is 0 Å². The van der Waals surface area contributed by atoms with Gasteiger partial charge in [0.2, 0.25) is 5.91 Å². The molecule has 1 aliphatic carbocycles. The highest BCUT2D eigenvalue weighted by Crippen LogP contribution is 2.21. The van der Waals surface area contributed by atoms with Gasteiger partial charge in [0.15, 0.2) is 0 Å². The average Bonchev–Trinajstić information content (AvgIpc) is 2.62. The van der Waals surface area contributed by atoms with Crippen LogP contribution < -0.4 is 22.0 Å². The largest absolute Gasteiger partial charge is 0.537 e. The van der Waals surface area contributed by atoms with E-state index in [-0.39, 0.29) is 12.3 Å². The van der Waals surface area contributed by atoms with Crippen molar-refractivity contribution in [1.29, 1.82) is 0 Å². The van der Waals surface area contributed by atoms with E-state index < -0.39 is 14.3 Å². The SMILES string of the molecule is CCO[Si](OCC)(OCC)c1cccc(NC(=O)C2(N)C=CC=C(N)C2)c1. The highest BCUT2D eigenvalue weighted by atomic mass is 28.4. The molecule has 1 aromatic carbocycles. The summed E-state index contributed by atoms with van der Waals surface area (Å²) in [5.41, 5.74) is 12.0. The molecular formula is C19H29N3O4Si. The second kappa shape index (κ2) is 9.29. The molecule has 0 bridgehead atoms. The number of hydrogen-bond acceptors (Lipinski definition) is 6. The number of amides is 1. The minimum Gasteiger partial charge on any atom is -0.402 e. The van der Waals surface area contributed by atoms with E-state index in [1.165, 1.54) is 0 Å². The van der Waals surface area contributed by atoms with Crippen LogP contribution in [-0.2, 0) is 18.1 Å². The van der Waals surface area contributed by atoms with Crippen LogP contribution in [-0.4, -0.2) is 40.1 Å². The molecule has 1 unspecified atom stereocenters. The topological polar surface area (TPSA) is 109 Å². The quantitative estimate of drug-likeness (QED) is 0.549. The summed E-state index contributed by atoms with van der Waals surface area (Å²) in [6.45, 7) is 7.09. The number of anilines is 1. The molecule has 1 amide bonds. The lowest BCUT2D eigenvalue weighted by molar-refractivity contribution is -0.119. The lowest BCUT2D eigenvalue weighted by Crippen LogP contribution is -2.57. The molecule has 148 valence electrons. The Morgan fingerprint density at radius 2 is 1.81 bits per heavy atom. The fourth-order valence-electron chi connectivity index (χ4n) is 2.93. The summed E-state index contributed by atoms with van der Waals surface area (Å²) in [6, 6.07) is 7.33. The van der Waals surface area contributed by atoms with Crippen LogP contribution in [0.2, 0.25) is 0 Å². The Labute approximate surface area is 161 Å². The second-order valence-corrected chi connectivity index (χ2v) is 8.76. The first-order valence-corrected chi connectivity index (χ1v) is 10.9. The van der Waals surface area contributed by atoms with Gasteiger partial charge in [-0.05, 0) is 39.0 Å². The van der Waals surface area contributed by atoms with Gasteiger partial charge < -0.3 is 30.1 Å². The van der Waals surface area contributed by atoms with Crippen LogP contribution in [0.4, 0.5) is 5.69 Å². The normalized spacial score (nSPS) is 19.6. The maximum atomic E-state index is 12.7. The molecule has 1 atom stereocenters. The van der Waals surface area contributed by atoms with Crippen molar-refractivity contribution >= 4 is 25.6 Å². The fraction of sp³-hybridized carbons (Fsp3) is 0.421. The molecule has 7 nitrogen and oxygen atoms in total. The van der Waals surface area contributed by atoms with Gasteiger partial charge in [0, 0.05) is 42.8 Å². The van der Waals surface area contributed by atoms with Crippen LogP contribution >= 0.6 is 0 Å². The van der Waals surface area contributed by atoms with E-state index in [0.717, 1.165) is 5.19 Å². The highest BCUT2D eigenvalue weighted by Gasteiger charge is 2.43. The number of hydrogen-bond donors (Lipinski definition) is 3. The third kappa shape index (κ3) is 5.05. The first-order valence-electron chi connectivity index (χ1n) is 9.15. The van der Waals surface area contributed by atoms with E-state index in [0.29, 0.717) is 31.2 Å². The maximum Gasteiger partial charge on any atom is 0.537 e. The van der Waals surface area contributed by atoms with Crippen LogP contribution in [0.1, 0.15) is 27.2 Å². The minimum atomic E-state index is -3.05. The van der Waals surface area contributed by atoms with Crippen LogP contribution in [0.5, 0.6) is 0 Å². The summed E-state index contributed by atoms with van der Waals surface area (Å²) < 4.78 is 17.8. The Balaban J connectivity index is 2.26. The van der Waals surface area contributed by atoms with E-state index in [9.17, 15) is 4.79 Å². The van der Waals surface area contributed by atoms with Gasteiger partial charge >= 0.3 is 8.80 Å². The van der Waals surface area contributed by atoms with Gasteiger partial charge in [-0.3, -0.25) is 4.79 Å². The molecule has 5 N–H and O–H groups in total. The number of carbonyl (C=O) groups excluding carboxylic acids is 1. The smallest absolute Gasteiger partial charge is 0.402 e. The Hall–Kier alpha value is -1.97. The van der Waals surface area contributed by atoms with Crippen molar-refractivity contribution < 1.29 is 18.1 Å². The molecule has 0 saturated carbocycles. The van der Waals surface area contributed by atoms with Crippen LogP contribution in [0.25, 0.3) is 0 Å². The average molecular weight is 392 g/mol. The van der Waals surface area contributed by atoms with E-state index in [1.54, 1.807) is 24.3 Å². The highest BCUT2D eigenvalue weighted by molar-refractivity contribution is 6.75. The van der Waals surface area contributed by atoms with Crippen LogP contribution in [0.15, 0.2) is 48.2 Å². The standard InChI is InChI=1S/C19H29N3O4Si/c1-4-24-27(25-5-2,26-6-3)17-11-7-10-16(13-17)22-18(23)19(21)12-8-9-15(20)14-19/h7-13H,4-6,14,20-21H2,1-3H3,(H,22,23). The van der Waals surface area contributed by atoms with E-state index >= 15 is 0 Å². The van der Waals surface area contributed by atoms with Crippen molar-refractivity contribution in [3.8, 4) is 0 Å². The van der Waals surface area contributed by atoms with Crippen molar-refractivity contribution in [2.75, 3.05) is 25.1 Å². The molecule has 27 heavy (non-hydrogen) atoms. The minimum absolute atomic E-state index is 0.268. The molecule has 1 aliphatic rings. The Morgan fingerprint density at radius 3 is 2.37 bits per heavy atom.